The fraction of sp³-hybridized carbons (Fsp3) is 0. The van der Waals surface area contributed by atoms with Gasteiger partial charge in [0.05, 0.1) is 0 Å². The standard InChI is InChI=1S/C25H16Br2O3/c26-21-13-5-1-9-17(21)19-11-3-7-15-23(19)29-25(28)30-24-16-8-4-12-20(24)18-10-2-6-14-22(18)27/h1-16H. The number of halogens is 2. The highest BCUT2D eigenvalue weighted by atomic mass is 79.9. The molecule has 0 N–H and O–H groups in total. The van der Waals surface area contributed by atoms with Crippen molar-refractivity contribution in [2.45, 2.75) is 0 Å². The molecule has 0 saturated carbocycles. The third-order valence-corrected chi connectivity index (χ3v) is 5.87. The van der Waals surface area contributed by atoms with Crippen molar-refractivity contribution in [3.05, 3.63) is 106 Å². The quantitative estimate of drug-likeness (QED) is 0.200. The van der Waals surface area contributed by atoms with Crippen LogP contribution in [0.5, 0.6) is 11.5 Å². The fourth-order valence-electron chi connectivity index (χ4n) is 3.12. The summed E-state index contributed by atoms with van der Waals surface area (Å²) in [4.78, 5) is 12.7. The average Bonchev–Trinajstić information content (AvgIpc) is 2.76. The van der Waals surface area contributed by atoms with Gasteiger partial charge in [-0.2, -0.15) is 0 Å². The molecule has 0 amide bonds. The molecule has 4 rings (SSSR count). The minimum atomic E-state index is -0.797. The molecule has 0 fully saturated rings. The SMILES string of the molecule is O=C(Oc1ccccc1-c1ccccc1Br)Oc1ccccc1-c1ccccc1Br. The molecule has 0 spiro atoms. The molecule has 5 heteroatoms. The van der Waals surface area contributed by atoms with Gasteiger partial charge in [0.2, 0.25) is 0 Å². The van der Waals surface area contributed by atoms with Crippen molar-refractivity contribution in [1.29, 1.82) is 0 Å². The lowest BCUT2D eigenvalue weighted by molar-refractivity contribution is 0.152. The molecule has 3 nitrogen and oxygen atoms in total. The maximum absolute atomic E-state index is 12.7. The van der Waals surface area contributed by atoms with Gasteiger partial charge in [-0.05, 0) is 35.4 Å². The number of hydrogen-bond donors (Lipinski definition) is 0. The van der Waals surface area contributed by atoms with Crippen LogP contribution in [0.1, 0.15) is 0 Å². The number of para-hydroxylation sites is 2. The molecule has 0 aliphatic rings. The first-order valence-corrected chi connectivity index (χ1v) is 10.8. The van der Waals surface area contributed by atoms with Crippen LogP contribution in [0.15, 0.2) is 106 Å². The average molecular weight is 524 g/mol. The summed E-state index contributed by atoms with van der Waals surface area (Å²) in [5.41, 5.74) is 3.44. The smallest absolute Gasteiger partial charge is 0.394 e. The zero-order valence-electron chi connectivity index (χ0n) is 15.7. The zero-order valence-corrected chi connectivity index (χ0v) is 18.9. The van der Waals surface area contributed by atoms with E-state index in [1.807, 2.05) is 84.9 Å². The Morgan fingerprint density at radius 2 is 0.833 bits per heavy atom. The number of rotatable bonds is 4. The highest BCUT2D eigenvalue weighted by molar-refractivity contribution is 9.11. The van der Waals surface area contributed by atoms with Crippen LogP contribution in [-0.2, 0) is 0 Å². The van der Waals surface area contributed by atoms with Gasteiger partial charge in [-0.3, -0.25) is 0 Å². The van der Waals surface area contributed by atoms with E-state index in [1.165, 1.54) is 0 Å². The van der Waals surface area contributed by atoms with E-state index in [1.54, 1.807) is 12.1 Å². The number of ether oxygens (including phenoxy) is 2. The molecule has 0 saturated heterocycles. The maximum atomic E-state index is 12.7. The van der Waals surface area contributed by atoms with Gasteiger partial charge in [-0.25, -0.2) is 4.79 Å². The van der Waals surface area contributed by atoms with E-state index < -0.39 is 6.16 Å². The molecular formula is C25H16Br2O3. The summed E-state index contributed by atoms with van der Waals surface area (Å²) in [6, 6.07) is 30.3. The third kappa shape index (κ3) is 4.48. The van der Waals surface area contributed by atoms with Crippen molar-refractivity contribution in [3.8, 4) is 33.8 Å². The molecule has 0 bridgehead atoms. The molecule has 4 aromatic carbocycles. The first-order chi connectivity index (χ1) is 14.6. The van der Waals surface area contributed by atoms with Gasteiger partial charge in [0, 0.05) is 20.1 Å². The first-order valence-electron chi connectivity index (χ1n) is 9.21. The summed E-state index contributed by atoms with van der Waals surface area (Å²) in [6.45, 7) is 0. The van der Waals surface area contributed by atoms with Crippen molar-refractivity contribution in [2.24, 2.45) is 0 Å². The molecule has 0 aliphatic carbocycles. The predicted octanol–water partition coefficient (Wildman–Crippen LogP) is 8.12. The van der Waals surface area contributed by atoms with Crippen LogP contribution < -0.4 is 9.47 Å². The van der Waals surface area contributed by atoms with Crippen LogP contribution in [0.25, 0.3) is 22.3 Å². The third-order valence-electron chi connectivity index (χ3n) is 4.49. The van der Waals surface area contributed by atoms with E-state index in [0.717, 1.165) is 31.2 Å². The Kier molecular flexibility index (Phi) is 6.31. The summed E-state index contributed by atoms with van der Waals surface area (Å²) in [5, 5.41) is 0. The van der Waals surface area contributed by atoms with Crippen LogP contribution >= 0.6 is 31.9 Å². The van der Waals surface area contributed by atoms with E-state index >= 15 is 0 Å². The summed E-state index contributed by atoms with van der Waals surface area (Å²) in [7, 11) is 0. The van der Waals surface area contributed by atoms with Crippen molar-refractivity contribution in [3.63, 3.8) is 0 Å². The Bertz CT molecular complexity index is 1110. The van der Waals surface area contributed by atoms with Crippen LogP contribution in [0.2, 0.25) is 0 Å². The molecule has 0 atom stereocenters. The van der Waals surface area contributed by atoms with Crippen LogP contribution in [-0.4, -0.2) is 6.16 Å². The minimum absolute atomic E-state index is 0.424. The Morgan fingerprint density at radius 3 is 1.23 bits per heavy atom. The largest absolute Gasteiger partial charge is 0.519 e. The van der Waals surface area contributed by atoms with E-state index in [-0.39, 0.29) is 0 Å². The minimum Gasteiger partial charge on any atom is -0.394 e. The first kappa shape index (κ1) is 20.4. The summed E-state index contributed by atoms with van der Waals surface area (Å²) in [6.07, 6.45) is -0.797. The highest BCUT2D eigenvalue weighted by Gasteiger charge is 2.16. The monoisotopic (exact) mass is 522 g/mol. The lowest BCUT2D eigenvalue weighted by Crippen LogP contribution is -2.14. The Morgan fingerprint density at radius 1 is 0.500 bits per heavy atom. The van der Waals surface area contributed by atoms with Gasteiger partial charge in [-0.1, -0.05) is 105 Å². The summed E-state index contributed by atoms with van der Waals surface area (Å²) >= 11 is 7.11. The summed E-state index contributed by atoms with van der Waals surface area (Å²) < 4.78 is 13.0. The normalized spacial score (nSPS) is 10.5. The van der Waals surface area contributed by atoms with E-state index in [2.05, 4.69) is 31.9 Å². The fourth-order valence-corrected chi connectivity index (χ4v) is 4.11. The lowest BCUT2D eigenvalue weighted by Gasteiger charge is -2.13. The lowest BCUT2D eigenvalue weighted by atomic mass is 10.0. The molecule has 0 aromatic heterocycles. The Balaban J connectivity index is 1.61. The Hall–Kier alpha value is -2.89. The van der Waals surface area contributed by atoms with Gasteiger partial charge in [-0.15, -0.1) is 0 Å². The van der Waals surface area contributed by atoms with E-state index in [0.29, 0.717) is 11.5 Å². The van der Waals surface area contributed by atoms with Crippen LogP contribution in [0.4, 0.5) is 4.79 Å². The molecule has 0 unspecified atom stereocenters. The van der Waals surface area contributed by atoms with Gasteiger partial charge < -0.3 is 9.47 Å². The van der Waals surface area contributed by atoms with Crippen molar-refractivity contribution in [1.82, 2.24) is 0 Å². The number of carbonyl (C=O) groups excluding carboxylic acids is 1. The van der Waals surface area contributed by atoms with Crippen molar-refractivity contribution >= 4 is 38.0 Å². The molecule has 0 heterocycles. The van der Waals surface area contributed by atoms with Crippen LogP contribution in [0, 0.1) is 0 Å². The zero-order chi connectivity index (χ0) is 20.9. The van der Waals surface area contributed by atoms with Crippen molar-refractivity contribution in [2.75, 3.05) is 0 Å². The number of benzene rings is 4. The molecule has 0 aliphatic heterocycles. The maximum Gasteiger partial charge on any atom is 0.519 e. The topological polar surface area (TPSA) is 35.5 Å². The highest BCUT2D eigenvalue weighted by Crippen LogP contribution is 2.37. The van der Waals surface area contributed by atoms with Gasteiger partial charge >= 0.3 is 6.16 Å². The molecule has 30 heavy (non-hydrogen) atoms. The van der Waals surface area contributed by atoms with Gasteiger partial charge in [0.25, 0.3) is 0 Å². The molecule has 4 aromatic rings. The predicted molar refractivity (Wildman–Crippen MR) is 126 cm³/mol. The second kappa shape index (κ2) is 9.28. The number of carbonyl (C=O) groups is 1. The second-order valence-electron chi connectivity index (χ2n) is 6.41. The second-order valence-corrected chi connectivity index (χ2v) is 8.11. The van der Waals surface area contributed by atoms with Gasteiger partial charge in [0.15, 0.2) is 0 Å². The van der Waals surface area contributed by atoms with E-state index in [4.69, 9.17) is 9.47 Å². The van der Waals surface area contributed by atoms with Crippen molar-refractivity contribution < 1.29 is 14.3 Å². The number of hydrogen-bond acceptors (Lipinski definition) is 3. The van der Waals surface area contributed by atoms with Gasteiger partial charge in [0.1, 0.15) is 11.5 Å². The molecule has 0 radical (unpaired) electrons. The van der Waals surface area contributed by atoms with E-state index in [9.17, 15) is 4.79 Å². The summed E-state index contributed by atoms with van der Waals surface area (Å²) in [5.74, 6) is 0.848. The van der Waals surface area contributed by atoms with Crippen LogP contribution in [0.3, 0.4) is 0 Å². The Labute approximate surface area is 191 Å². The molecular weight excluding hydrogens is 508 g/mol. The molecule has 148 valence electrons.